The zero-order valence-corrected chi connectivity index (χ0v) is 16.4. The first kappa shape index (κ1) is 20.0. The molecule has 0 radical (unpaired) electrons. The largest absolute Gasteiger partial charge is 0.380 e. The summed E-state index contributed by atoms with van der Waals surface area (Å²) in [7, 11) is 0. The first-order valence-corrected chi connectivity index (χ1v) is 10.0. The molecule has 152 valence electrons. The number of ketones is 2. The van der Waals surface area contributed by atoms with E-state index >= 15 is 0 Å². The summed E-state index contributed by atoms with van der Waals surface area (Å²) in [5, 5.41) is 20.9. The fourth-order valence-electron chi connectivity index (χ4n) is 3.92. The molecule has 0 spiro atoms. The molecule has 4 rings (SSSR count). The summed E-state index contributed by atoms with van der Waals surface area (Å²) in [5.41, 5.74) is 1.96. The Morgan fingerprint density at radius 1 is 0.833 bits per heavy atom. The third kappa shape index (κ3) is 3.77. The number of aliphatic hydroxyl groups is 2. The topological polar surface area (TPSA) is 77.8 Å². The second-order valence-electron chi connectivity index (χ2n) is 7.39. The van der Waals surface area contributed by atoms with Crippen LogP contribution in [0.4, 0.5) is 5.69 Å². The van der Waals surface area contributed by atoms with Gasteiger partial charge in [0.05, 0.1) is 0 Å². The minimum Gasteiger partial charge on any atom is -0.380 e. The Labute approximate surface area is 175 Å². The molecule has 0 saturated carbocycles. The lowest BCUT2D eigenvalue weighted by atomic mass is 9.91. The Morgan fingerprint density at radius 2 is 1.43 bits per heavy atom. The molecular formula is C25H23NO4. The molecule has 0 amide bonds. The maximum Gasteiger partial charge on any atom is 0.196 e. The highest BCUT2D eigenvalue weighted by Crippen LogP contribution is 2.30. The SMILES string of the molecule is O=C(c1ccccc1C(=O)C(O)c1ccccc1)c1ccccc1N1CCCC1O. The van der Waals surface area contributed by atoms with Crippen molar-refractivity contribution in [2.75, 3.05) is 11.4 Å². The molecule has 0 bridgehead atoms. The second kappa shape index (κ2) is 8.61. The van der Waals surface area contributed by atoms with Crippen LogP contribution in [0.5, 0.6) is 0 Å². The Bertz CT molecular complexity index is 1060. The molecule has 3 aromatic carbocycles. The van der Waals surface area contributed by atoms with Crippen LogP contribution < -0.4 is 4.90 Å². The minimum absolute atomic E-state index is 0.177. The summed E-state index contributed by atoms with van der Waals surface area (Å²) < 4.78 is 0. The number of aliphatic hydroxyl groups excluding tert-OH is 2. The van der Waals surface area contributed by atoms with E-state index in [1.807, 2.05) is 23.1 Å². The van der Waals surface area contributed by atoms with Crippen molar-refractivity contribution in [2.45, 2.75) is 25.2 Å². The van der Waals surface area contributed by atoms with Gasteiger partial charge in [0.1, 0.15) is 12.3 Å². The van der Waals surface area contributed by atoms with E-state index in [0.717, 1.165) is 6.42 Å². The average molecular weight is 401 g/mol. The molecule has 30 heavy (non-hydrogen) atoms. The highest BCUT2D eigenvalue weighted by molar-refractivity contribution is 6.18. The lowest BCUT2D eigenvalue weighted by Gasteiger charge is -2.25. The molecule has 3 aromatic rings. The predicted octanol–water partition coefficient (Wildman–Crippen LogP) is 3.75. The maximum atomic E-state index is 13.5. The number of anilines is 1. The summed E-state index contributed by atoms with van der Waals surface area (Å²) in [6.45, 7) is 0.665. The number of carbonyl (C=O) groups excluding carboxylic acids is 2. The van der Waals surface area contributed by atoms with Crippen LogP contribution in [-0.4, -0.2) is 34.6 Å². The third-order valence-corrected chi connectivity index (χ3v) is 5.48. The van der Waals surface area contributed by atoms with Crippen molar-refractivity contribution < 1.29 is 19.8 Å². The number of nitrogens with zero attached hydrogens (tertiary/aromatic N) is 1. The van der Waals surface area contributed by atoms with E-state index < -0.39 is 18.1 Å². The van der Waals surface area contributed by atoms with E-state index in [1.165, 1.54) is 0 Å². The van der Waals surface area contributed by atoms with Crippen molar-refractivity contribution in [3.05, 3.63) is 101 Å². The van der Waals surface area contributed by atoms with Crippen molar-refractivity contribution in [2.24, 2.45) is 0 Å². The number of hydrogen-bond donors (Lipinski definition) is 2. The molecule has 2 atom stereocenters. The second-order valence-corrected chi connectivity index (χ2v) is 7.39. The first-order valence-electron chi connectivity index (χ1n) is 10.0. The van der Waals surface area contributed by atoms with Crippen LogP contribution in [0.15, 0.2) is 78.9 Å². The average Bonchev–Trinajstić information content (AvgIpc) is 3.24. The molecule has 1 aliphatic heterocycles. The van der Waals surface area contributed by atoms with E-state index in [1.54, 1.807) is 60.7 Å². The van der Waals surface area contributed by atoms with Crippen LogP contribution >= 0.6 is 0 Å². The number of Topliss-reactive ketones (excluding diaryl/α,β-unsaturated/α-hetero) is 1. The van der Waals surface area contributed by atoms with Gasteiger partial charge < -0.3 is 15.1 Å². The van der Waals surface area contributed by atoms with Gasteiger partial charge >= 0.3 is 0 Å². The molecule has 2 N–H and O–H groups in total. The van der Waals surface area contributed by atoms with Gasteiger partial charge in [-0.15, -0.1) is 0 Å². The van der Waals surface area contributed by atoms with E-state index in [2.05, 4.69) is 0 Å². The smallest absolute Gasteiger partial charge is 0.196 e. The van der Waals surface area contributed by atoms with E-state index in [0.29, 0.717) is 29.8 Å². The van der Waals surface area contributed by atoms with Crippen molar-refractivity contribution in [1.82, 2.24) is 0 Å². The van der Waals surface area contributed by atoms with Gasteiger partial charge in [-0.25, -0.2) is 0 Å². The number of carbonyl (C=O) groups is 2. The molecule has 1 heterocycles. The van der Waals surface area contributed by atoms with Crippen LogP contribution in [0, 0.1) is 0 Å². The Hall–Kier alpha value is -3.28. The van der Waals surface area contributed by atoms with Crippen molar-refractivity contribution in [1.29, 1.82) is 0 Å². The number of hydrogen-bond acceptors (Lipinski definition) is 5. The Kier molecular flexibility index (Phi) is 5.74. The number of rotatable bonds is 6. The predicted molar refractivity (Wildman–Crippen MR) is 115 cm³/mol. The van der Waals surface area contributed by atoms with E-state index in [4.69, 9.17) is 0 Å². The zero-order chi connectivity index (χ0) is 21.1. The molecule has 5 heteroatoms. The van der Waals surface area contributed by atoms with Gasteiger partial charge in [-0.1, -0.05) is 66.7 Å². The Balaban J connectivity index is 1.71. The molecule has 1 aliphatic rings. The van der Waals surface area contributed by atoms with Gasteiger partial charge in [-0.05, 0) is 30.5 Å². The monoisotopic (exact) mass is 401 g/mol. The summed E-state index contributed by atoms with van der Waals surface area (Å²) in [5.74, 6) is -0.835. The molecule has 0 aromatic heterocycles. The fourth-order valence-corrected chi connectivity index (χ4v) is 3.92. The van der Waals surface area contributed by atoms with Gasteiger partial charge in [0.15, 0.2) is 11.6 Å². The van der Waals surface area contributed by atoms with Crippen LogP contribution in [0.3, 0.4) is 0 Å². The van der Waals surface area contributed by atoms with Crippen molar-refractivity contribution in [3.8, 4) is 0 Å². The summed E-state index contributed by atoms with van der Waals surface area (Å²) in [4.78, 5) is 28.3. The normalized spacial score (nSPS) is 17.0. The van der Waals surface area contributed by atoms with Crippen LogP contribution in [0.25, 0.3) is 0 Å². The number of benzene rings is 3. The van der Waals surface area contributed by atoms with Crippen LogP contribution in [0.2, 0.25) is 0 Å². The first-order chi connectivity index (χ1) is 14.6. The maximum absolute atomic E-state index is 13.5. The molecular weight excluding hydrogens is 378 g/mol. The molecule has 2 unspecified atom stereocenters. The minimum atomic E-state index is -1.35. The molecule has 1 fully saturated rings. The highest BCUT2D eigenvalue weighted by atomic mass is 16.3. The molecule has 1 saturated heterocycles. The van der Waals surface area contributed by atoms with Crippen molar-refractivity contribution >= 4 is 17.3 Å². The van der Waals surface area contributed by atoms with Gasteiger partial charge in [-0.2, -0.15) is 0 Å². The molecule has 5 nitrogen and oxygen atoms in total. The van der Waals surface area contributed by atoms with E-state index in [-0.39, 0.29) is 16.9 Å². The summed E-state index contributed by atoms with van der Waals surface area (Å²) in [6.07, 6.45) is -0.477. The zero-order valence-electron chi connectivity index (χ0n) is 16.4. The van der Waals surface area contributed by atoms with Crippen LogP contribution in [0.1, 0.15) is 50.8 Å². The highest BCUT2D eigenvalue weighted by Gasteiger charge is 2.29. The number of para-hydroxylation sites is 1. The standard InChI is InChI=1S/C25H23NO4/c27-22-15-8-16-26(22)21-14-7-6-13-20(21)24(29)18-11-4-5-12-19(18)25(30)23(28)17-9-2-1-3-10-17/h1-7,9-14,22-23,27-28H,8,15-16H2. The van der Waals surface area contributed by atoms with Gasteiger partial charge in [0.25, 0.3) is 0 Å². The summed E-state index contributed by atoms with van der Waals surface area (Å²) in [6, 6.07) is 22.3. The fraction of sp³-hybridized carbons (Fsp3) is 0.200. The van der Waals surface area contributed by atoms with Gasteiger partial charge in [-0.3, -0.25) is 9.59 Å². The lowest BCUT2D eigenvalue weighted by molar-refractivity contribution is 0.0744. The Morgan fingerprint density at radius 3 is 2.10 bits per heavy atom. The third-order valence-electron chi connectivity index (χ3n) is 5.48. The van der Waals surface area contributed by atoms with Gasteiger partial charge in [0, 0.05) is 28.9 Å². The molecule has 0 aliphatic carbocycles. The quantitative estimate of drug-likeness (QED) is 0.615. The van der Waals surface area contributed by atoms with Crippen molar-refractivity contribution in [3.63, 3.8) is 0 Å². The van der Waals surface area contributed by atoms with Gasteiger partial charge in [0.2, 0.25) is 0 Å². The van der Waals surface area contributed by atoms with Crippen LogP contribution in [-0.2, 0) is 0 Å². The summed E-state index contributed by atoms with van der Waals surface area (Å²) >= 11 is 0. The van der Waals surface area contributed by atoms with E-state index in [9.17, 15) is 19.8 Å². The lowest BCUT2D eigenvalue weighted by Crippen LogP contribution is -2.30.